The maximum Gasteiger partial charge on any atom is 0.246 e. The summed E-state index contributed by atoms with van der Waals surface area (Å²) in [7, 11) is 0. The van der Waals surface area contributed by atoms with Crippen molar-refractivity contribution in [3.8, 4) is 0 Å². The number of hydrogen-bond donors (Lipinski definition) is 1. The van der Waals surface area contributed by atoms with Crippen LogP contribution in [0, 0.1) is 11.8 Å². The molecule has 4 nitrogen and oxygen atoms in total. The molecule has 0 aromatic carbocycles. The SMILES string of the molecule is CC(C)CC1NC(=O)C(CC(C)C)N(C/C=C/Cl)C1=O. The number of piperazine rings is 1. The van der Waals surface area contributed by atoms with E-state index in [2.05, 4.69) is 5.32 Å². The van der Waals surface area contributed by atoms with Crippen LogP contribution in [-0.2, 0) is 9.59 Å². The van der Waals surface area contributed by atoms with Crippen molar-refractivity contribution in [3.05, 3.63) is 11.6 Å². The van der Waals surface area contributed by atoms with Crippen LogP contribution in [0.4, 0.5) is 0 Å². The van der Waals surface area contributed by atoms with Gasteiger partial charge >= 0.3 is 0 Å². The number of hydrogen-bond acceptors (Lipinski definition) is 2. The van der Waals surface area contributed by atoms with E-state index in [0.29, 0.717) is 31.2 Å². The Morgan fingerprint density at radius 2 is 1.80 bits per heavy atom. The van der Waals surface area contributed by atoms with Crippen molar-refractivity contribution < 1.29 is 9.59 Å². The lowest BCUT2D eigenvalue weighted by Crippen LogP contribution is -2.63. The Balaban J connectivity index is 2.91. The van der Waals surface area contributed by atoms with Crippen LogP contribution in [0.15, 0.2) is 11.6 Å². The molecular weight excluding hydrogens is 276 g/mol. The van der Waals surface area contributed by atoms with Crippen molar-refractivity contribution in [3.63, 3.8) is 0 Å². The summed E-state index contributed by atoms with van der Waals surface area (Å²) in [6, 6.07) is -0.798. The highest BCUT2D eigenvalue weighted by Crippen LogP contribution is 2.20. The van der Waals surface area contributed by atoms with Gasteiger partial charge < -0.3 is 10.2 Å². The summed E-state index contributed by atoms with van der Waals surface area (Å²) in [5.74, 6) is 0.657. The summed E-state index contributed by atoms with van der Waals surface area (Å²) in [6.07, 6.45) is 3.04. The van der Waals surface area contributed by atoms with Crippen molar-refractivity contribution in [1.29, 1.82) is 0 Å². The molecule has 1 aliphatic heterocycles. The molecule has 0 aliphatic carbocycles. The Bertz CT molecular complexity index is 380. The number of halogens is 1. The molecule has 1 N–H and O–H groups in total. The summed E-state index contributed by atoms with van der Waals surface area (Å²) in [5, 5.41) is 2.87. The Labute approximate surface area is 126 Å². The Kier molecular flexibility index (Phi) is 6.53. The first-order valence-corrected chi connectivity index (χ1v) is 7.66. The van der Waals surface area contributed by atoms with E-state index >= 15 is 0 Å². The van der Waals surface area contributed by atoms with E-state index in [1.807, 2.05) is 27.7 Å². The lowest BCUT2D eigenvalue weighted by molar-refractivity contribution is -0.149. The fourth-order valence-corrected chi connectivity index (χ4v) is 2.59. The Hall–Kier alpha value is -1.03. The van der Waals surface area contributed by atoms with Crippen LogP contribution in [-0.4, -0.2) is 35.3 Å². The van der Waals surface area contributed by atoms with Crippen LogP contribution in [0.3, 0.4) is 0 Å². The molecule has 1 rings (SSSR count). The summed E-state index contributed by atoms with van der Waals surface area (Å²) >= 11 is 5.56. The van der Waals surface area contributed by atoms with Gasteiger partial charge in [0.2, 0.25) is 11.8 Å². The van der Waals surface area contributed by atoms with Gasteiger partial charge in [-0.1, -0.05) is 45.4 Å². The van der Waals surface area contributed by atoms with Crippen molar-refractivity contribution in [2.24, 2.45) is 11.8 Å². The van der Waals surface area contributed by atoms with E-state index in [0.717, 1.165) is 0 Å². The van der Waals surface area contributed by atoms with Gasteiger partial charge in [0.05, 0.1) is 0 Å². The van der Waals surface area contributed by atoms with Gasteiger partial charge in [-0.05, 0) is 24.7 Å². The first-order valence-electron chi connectivity index (χ1n) is 7.22. The molecule has 0 saturated carbocycles. The number of rotatable bonds is 6. The molecule has 1 aliphatic rings. The van der Waals surface area contributed by atoms with Crippen molar-refractivity contribution >= 4 is 23.4 Å². The van der Waals surface area contributed by atoms with Crippen LogP contribution < -0.4 is 5.32 Å². The van der Waals surface area contributed by atoms with Gasteiger partial charge in [0.15, 0.2) is 0 Å². The van der Waals surface area contributed by atoms with E-state index in [-0.39, 0.29) is 11.8 Å². The number of carbonyl (C=O) groups excluding carboxylic acids is 2. The maximum atomic E-state index is 12.5. The van der Waals surface area contributed by atoms with Gasteiger partial charge in [-0.2, -0.15) is 0 Å². The zero-order chi connectivity index (χ0) is 15.3. The second-order valence-electron chi connectivity index (χ2n) is 6.19. The largest absolute Gasteiger partial charge is 0.342 e. The standard InChI is InChI=1S/C15H25ClN2O2/c1-10(2)8-12-15(20)18(7-5-6-16)13(9-11(3)4)14(19)17-12/h5-6,10-13H,7-9H2,1-4H3,(H,17,19)/b6-5+. The smallest absolute Gasteiger partial charge is 0.246 e. The van der Waals surface area contributed by atoms with Crippen molar-refractivity contribution in [2.45, 2.75) is 52.6 Å². The summed E-state index contributed by atoms with van der Waals surface area (Å²) < 4.78 is 0. The highest BCUT2D eigenvalue weighted by Gasteiger charge is 2.40. The molecule has 0 aromatic rings. The second-order valence-corrected chi connectivity index (χ2v) is 6.44. The second kappa shape index (κ2) is 7.67. The van der Waals surface area contributed by atoms with E-state index in [1.54, 1.807) is 11.0 Å². The minimum absolute atomic E-state index is 0.00119. The van der Waals surface area contributed by atoms with E-state index in [4.69, 9.17) is 11.6 Å². The molecule has 1 saturated heterocycles. The molecule has 0 aromatic heterocycles. The van der Waals surface area contributed by atoms with E-state index < -0.39 is 12.1 Å². The lowest BCUT2D eigenvalue weighted by atomic mass is 9.94. The van der Waals surface area contributed by atoms with Gasteiger partial charge in [-0.3, -0.25) is 9.59 Å². The average molecular weight is 301 g/mol. The first kappa shape index (κ1) is 17.0. The van der Waals surface area contributed by atoms with E-state index in [1.165, 1.54) is 5.54 Å². The van der Waals surface area contributed by atoms with Gasteiger partial charge in [-0.25, -0.2) is 0 Å². The van der Waals surface area contributed by atoms with Gasteiger partial charge in [-0.15, -0.1) is 0 Å². The van der Waals surface area contributed by atoms with Crippen LogP contribution in [0.1, 0.15) is 40.5 Å². The molecule has 2 amide bonds. The number of nitrogens with one attached hydrogen (secondary N) is 1. The first-order chi connectivity index (χ1) is 9.36. The Morgan fingerprint density at radius 1 is 1.20 bits per heavy atom. The third kappa shape index (κ3) is 4.51. The molecule has 20 heavy (non-hydrogen) atoms. The highest BCUT2D eigenvalue weighted by atomic mass is 35.5. The maximum absolute atomic E-state index is 12.5. The van der Waals surface area contributed by atoms with Crippen molar-refractivity contribution in [1.82, 2.24) is 10.2 Å². The molecule has 0 radical (unpaired) electrons. The van der Waals surface area contributed by atoms with Crippen LogP contribution >= 0.6 is 11.6 Å². The van der Waals surface area contributed by atoms with Crippen LogP contribution in [0.5, 0.6) is 0 Å². The third-order valence-corrected chi connectivity index (χ3v) is 3.55. The molecule has 0 bridgehead atoms. The summed E-state index contributed by atoms with van der Waals surface area (Å²) in [4.78, 5) is 26.5. The molecule has 1 fully saturated rings. The van der Waals surface area contributed by atoms with Crippen LogP contribution in [0.25, 0.3) is 0 Å². The Morgan fingerprint density at radius 3 is 2.30 bits per heavy atom. The number of amides is 2. The zero-order valence-electron chi connectivity index (χ0n) is 12.7. The third-order valence-electron chi connectivity index (χ3n) is 3.37. The van der Waals surface area contributed by atoms with Crippen molar-refractivity contribution in [2.75, 3.05) is 6.54 Å². The zero-order valence-corrected chi connectivity index (χ0v) is 13.5. The minimum atomic E-state index is -0.408. The molecule has 2 unspecified atom stereocenters. The molecule has 2 atom stereocenters. The van der Waals surface area contributed by atoms with Gasteiger partial charge in [0.25, 0.3) is 0 Å². The summed E-state index contributed by atoms with van der Waals surface area (Å²) in [5.41, 5.74) is 1.39. The average Bonchev–Trinajstić information content (AvgIpc) is 2.34. The van der Waals surface area contributed by atoms with Gasteiger partial charge in [0.1, 0.15) is 12.1 Å². The topological polar surface area (TPSA) is 49.4 Å². The quantitative estimate of drug-likeness (QED) is 0.819. The number of carbonyl (C=O) groups is 2. The van der Waals surface area contributed by atoms with Crippen LogP contribution in [0.2, 0.25) is 0 Å². The molecular formula is C15H25ClN2O2. The monoisotopic (exact) mass is 300 g/mol. The predicted molar refractivity (Wildman–Crippen MR) is 81.3 cm³/mol. The fraction of sp³-hybridized carbons (Fsp3) is 0.733. The predicted octanol–water partition coefficient (Wildman–Crippen LogP) is 2.53. The summed E-state index contributed by atoms with van der Waals surface area (Å²) in [6.45, 7) is 8.58. The minimum Gasteiger partial charge on any atom is -0.342 e. The molecule has 0 spiro atoms. The molecule has 114 valence electrons. The normalized spacial score (nSPS) is 24.1. The molecule has 5 heteroatoms. The molecule has 1 heterocycles. The number of nitrogens with zero attached hydrogens (tertiary/aromatic N) is 1. The van der Waals surface area contributed by atoms with E-state index in [9.17, 15) is 9.59 Å². The lowest BCUT2D eigenvalue weighted by Gasteiger charge is -2.39. The van der Waals surface area contributed by atoms with Gasteiger partial charge in [0, 0.05) is 12.1 Å². The highest BCUT2D eigenvalue weighted by molar-refractivity contribution is 6.25. The fourth-order valence-electron chi connectivity index (χ4n) is 2.51.